The number of aromatic nitrogens is 1. The first-order valence-corrected chi connectivity index (χ1v) is 6.25. The molecular formula is C14H13ClFN3O. The Hall–Kier alpha value is -2.14. The number of nitrogens with zero attached hydrogens (tertiary/aromatic N) is 2. The van der Waals surface area contributed by atoms with Crippen LogP contribution in [0.25, 0.3) is 0 Å². The van der Waals surface area contributed by atoms with Crippen molar-refractivity contribution >= 4 is 28.9 Å². The molecule has 20 heavy (non-hydrogen) atoms. The average molecular weight is 294 g/mol. The van der Waals surface area contributed by atoms with Crippen LogP contribution in [0.3, 0.4) is 0 Å². The second-order valence-corrected chi connectivity index (χ2v) is 4.79. The van der Waals surface area contributed by atoms with Gasteiger partial charge in [0.05, 0.1) is 5.02 Å². The normalized spacial score (nSPS) is 10.2. The standard InChI is InChI=1S/C14H13ClFN3O/c1-19(2)14(20)13-8-10(5-6-17-13)18-9-3-4-12(16)11(15)7-9/h3-8H,1-2H3,(H,17,18). The molecule has 0 aliphatic heterocycles. The minimum Gasteiger partial charge on any atom is -0.355 e. The number of hydrogen-bond acceptors (Lipinski definition) is 3. The Morgan fingerprint density at radius 2 is 1.95 bits per heavy atom. The summed E-state index contributed by atoms with van der Waals surface area (Å²) in [6.07, 6.45) is 1.53. The Morgan fingerprint density at radius 3 is 2.60 bits per heavy atom. The maximum absolute atomic E-state index is 13.1. The van der Waals surface area contributed by atoms with E-state index in [1.165, 1.54) is 23.2 Å². The van der Waals surface area contributed by atoms with Gasteiger partial charge in [0.2, 0.25) is 0 Å². The zero-order valence-electron chi connectivity index (χ0n) is 11.0. The first kappa shape index (κ1) is 14.3. The zero-order valence-corrected chi connectivity index (χ0v) is 11.8. The predicted octanol–water partition coefficient (Wildman–Crippen LogP) is 3.32. The number of rotatable bonds is 3. The van der Waals surface area contributed by atoms with E-state index in [0.717, 1.165) is 0 Å². The molecule has 0 saturated carbocycles. The molecule has 1 amide bonds. The van der Waals surface area contributed by atoms with E-state index >= 15 is 0 Å². The molecule has 0 unspecified atom stereocenters. The Kier molecular flexibility index (Phi) is 4.20. The molecule has 0 fully saturated rings. The molecule has 0 saturated heterocycles. The summed E-state index contributed by atoms with van der Waals surface area (Å²) in [5.74, 6) is -0.666. The lowest BCUT2D eigenvalue weighted by Crippen LogP contribution is -2.22. The first-order chi connectivity index (χ1) is 9.47. The highest BCUT2D eigenvalue weighted by Crippen LogP contribution is 2.22. The second kappa shape index (κ2) is 5.88. The van der Waals surface area contributed by atoms with Crippen LogP contribution in [0.5, 0.6) is 0 Å². The fraction of sp³-hybridized carbons (Fsp3) is 0.143. The number of hydrogen-bond donors (Lipinski definition) is 1. The van der Waals surface area contributed by atoms with Crippen LogP contribution in [0.4, 0.5) is 15.8 Å². The van der Waals surface area contributed by atoms with Crippen LogP contribution in [-0.4, -0.2) is 29.9 Å². The Bertz CT molecular complexity index is 646. The van der Waals surface area contributed by atoms with Crippen molar-refractivity contribution in [2.24, 2.45) is 0 Å². The molecule has 1 N–H and O–H groups in total. The van der Waals surface area contributed by atoms with Crippen molar-refractivity contribution in [3.8, 4) is 0 Å². The van der Waals surface area contributed by atoms with Crippen molar-refractivity contribution in [1.29, 1.82) is 0 Å². The number of halogens is 2. The minimum atomic E-state index is -0.476. The lowest BCUT2D eigenvalue weighted by molar-refractivity contribution is 0.0822. The summed E-state index contributed by atoms with van der Waals surface area (Å²) in [7, 11) is 3.31. The molecular weight excluding hydrogens is 281 g/mol. The molecule has 0 aliphatic rings. The van der Waals surface area contributed by atoms with Crippen molar-refractivity contribution in [2.45, 2.75) is 0 Å². The second-order valence-electron chi connectivity index (χ2n) is 4.38. The van der Waals surface area contributed by atoms with Crippen molar-refractivity contribution in [3.63, 3.8) is 0 Å². The van der Waals surface area contributed by atoms with Crippen molar-refractivity contribution in [2.75, 3.05) is 19.4 Å². The fourth-order valence-corrected chi connectivity index (χ4v) is 1.78. The van der Waals surface area contributed by atoms with Crippen molar-refractivity contribution < 1.29 is 9.18 Å². The number of pyridine rings is 1. The van der Waals surface area contributed by atoms with Crippen LogP contribution in [0.1, 0.15) is 10.5 Å². The molecule has 0 spiro atoms. The van der Waals surface area contributed by atoms with Gasteiger partial charge in [0, 0.05) is 31.7 Å². The van der Waals surface area contributed by atoms with Crippen molar-refractivity contribution in [1.82, 2.24) is 9.88 Å². The van der Waals surface area contributed by atoms with E-state index in [4.69, 9.17) is 11.6 Å². The minimum absolute atomic E-state index is 0.0358. The molecule has 1 heterocycles. The van der Waals surface area contributed by atoms with Gasteiger partial charge < -0.3 is 10.2 Å². The maximum atomic E-state index is 13.1. The maximum Gasteiger partial charge on any atom is 0.272 e. The van der Waals surface area contributed by atoms with E-state index in [2.05, 4.69) is 10.3 Å². The summed E-state index contributed by atoms with van der Waals surface area (Å²) in [4.78, 5) is 17.3. The van der Waals surface area contributed by atoms with Crippen LogP contribution in [0.2, 0.25) is 5.02 Å². The summed E-state index contributed by atoms with van der Waals surface area (Å²) in [6, 6.07) is 7.65. The highest BCUT2D eigenvalue weighted by Gasteiger charge is 2.10. The van der Waals surface area contributed by atoms with E-state index in [-0.39, 0.29) is 10.9 Å². The Morgan fingerprint density at radius 1 is 1.25 bits per heavy atom. The molecule has 2 rings (SSSR count). The van der Waals surface area contributed by atoms with Gasteiger partial charge in [-0.3, -0.25) is 9.78 Å². The summed E-state index contributed by atoms with van der Waals surface area (Å²) in [5, 5.41) is 3.08. The van der Waals surface area contributed by atoms with E-state index in [9.17, 15) is 9.18 Å². The first-order valence-electron chi connectivity index (χ1n) is 5.87. The number of carbonyl (C=O) groups excluding carboxylic acids is 1. The molecule has 0 radical (unpaired) electrons. The smallest absolute Gasteiger partial charge is 0.272 e. The average Bonchev–Trinajstić information content (AvgIpc) is 2.42. The van der Waals surface area contributed by atoms with E-state index in [1.54, 1.807) is 32.3 Å². The molecule has 1 aromatic carbocycles. The molecule has 0 aliphatic carbocycles. The van der Waals surface area contributed by atoms with Gasteiger partial charge in [-0.2, -0.15) is 0 Å². The number of nitrogens with one attached hydrogen (secondary N) is 1. The van der Waals surface area contributed by atoms with Gasteiger partial charge in [-0.1, -0.05) is 11.6 Å². The highest BCUT2D eigenvalue weighted by atomic mass is 35.5. The van der Waals surface area contributed by atoms with E-state index in [0.29, 0.717) is 17.1 Å². The molecule has 0 atom stereocenters. The van der Waals surface area contributed by atoms with Gasteiger partial charge in [0.15, 0.2) is 0 Å². The molecule has 4 nitrogen and oxygen atoms in total. The summed E-state index contributed by atoms with van der Waals surface area (Å²) in [5.41, 5.74) is 1.63. The lowest BCUT2D eigenvalue weighted by atomic mass is 10.2. The van der Waals surface area contributed by atoms with Crippen LogP contribution in [-0.2, 0) is 0 Å². The third-order valence-electron chi connectivity index (χ3n) is 2.59. The summed E-state index contributed by atoms with van der Waals surface area (Å²) < 4.78 is 13.1. The van der Waals surface area contributed by atoms with Crippen molar-refractivity contribution in [3.05, 3.63) is 53.1 Å². The number of anilines is 2. The Balaban J connectivity index is 2.23. The largest absolute Gasteiger partial charge is 0.355 e. The van der Waals surface area contributed by atoms with Gasteiger partial charge in [-0.25, -0.2) is 4.39 Å². The van der Waals surface area contributed by atoms with Gasteiger partial charge in [0.25, 0.3) is 5.91 Å². The van der Waals surface area contributed by atoms with Crippen LogP contribution < -0.4 is 5.32 Å². The summed E-state index contributed by atoms with van der Waals surface area (Å²) in [6.45, 7) is 0. The fourth-order valence-electron chi connectivity index (χ4n) is 1.59. The van der Waals surface area contributed by atoms with Gasteiger partial charge in [-0.15, -0.1) is 0 Å². The zero-order chi connectivity index (χ0) is 14.7. The molecule has 6 heteroatoms. The summed E-state index contributed by atoms with van der Waals surface area (Å²) >= 11 is 5.72. The van der Waals surface area contributed by atoms with Gasteiger partial charge in [-0.05, 0) is 30.3 Å². The predicted molar refractivity (Wildman–Crippen MR) is 76.9 cm³/mol. The SMILES string of the molecule is CN(C)C(=O)c1cc(Nc2ccc(F)c(Cl)c2)ccn1. The van der Waals surface area contributed by atoms with Crippen LogP contribution >= 0.6 is 11.6 Å². The number of carbonyl (C=O) groups is 1. The van der Waals surface area contributed by atoms with E-state index < -0.39 is 5.82 Å². The Labute approximate surface area is 121 Å². The topological polar surface area (TPSA) is 45.2 Å². The van der Waals surface area contributed by atoms with Crippen LogP contribution in [0.15, 0.2) is 36.5 Å². The third-order valence-corrected chi connectivity index (χ3v) is 2.88. The molecule has 0 bridgehead atoms. The number of amides is 1. The van der Waals surface area contributed by atoms with E-state index in [1.807, 2.05) is 0 Å². The van der Waals surface area contributed by atoms with Gasteiger partial charge in [0.1, 0.15) is 11.5 Å². The highest BCUT2D eigenvalue weighted by molar-refractivity contribution is 6.31. The molecule has 104 valence electrons. The molecule has 1 aromatic heterocycles. The lowest BCUT2D eigenvalue weighted by Gasteiger charge is -2.11. The third kappa shape index (κ3) is 3.24. The number of benzene rings is 1. The van der Waals surface area contributed by atoms with Crippen LogP contribution in [0, 0.1) is 5.82 Å². The van der Waals surface area contributed by atoms with Gasteiger partial charge >= 0.3 is 0 Å². The monoisotopic (exact) mass is 293 g/mol. The quantitative estimate of drug-likeness (QED) is 0.944. The molecule has 2 aromatic rings.